The molecule has 0 spiro atoms. The summed E-state index contributed by atoms with van der Waals surface area (Å²) in [6.45, 7) is 6.01. The molecule has 0 unspecified atom stereocenters. The first-order chi connectivity index (χ1) is 11.5. The smallest absolute Gasteiger partial charge is 0.248 e. The van der Waals surface area contributed by atoms with Gasteiger partial charge in [-0.05, 0) is 17.5 Å². The van der Waals surface area contributed by atoms with Gasteiger partial charge < -0.3 is 14.2 Å². The van der Waals surface area contributed by atoms with Gasteiger partial charge in [-0.3, -0.25) is 4.79 Å². The number of rotatable bonds is 8. The molecular formula is C18H24ClN3O2. The maximum Gasteiger partial charge on any atom is 0.248 e. The Kier molecular flexibility index (Phi) is 6.82. The highest BCUT2D eigenvalue weighted by molar-refractivity contribution is 6.31. The Morgan fingerprint density at radius 2 is 2.12 bits per heavy atom. The fraction of sp³-hybridized carbons (Fsp3) is 0.444. The maximum absolute atomic E-state index is 12.3. The van der Waals surface area contributed by atoms with Gasteiger partial charge in [-0.25, -0.2) is 4.98 Å². The van der Waals surface area contributed by atoms with E-state index in [2.05, 4.69) is 18.8 Å². The van der Waals surface area contributed by atoms with Crippen molar-refractivity contribution >= 4 is 17.5 Å². The highest BCUT2D eigenvalue weighted by atomic mass is 35.5. The molecule has 130 valence electrons. The average Bonchev–Trinajstić information content (AvgIpc) is 2.96. The predicted octanol–water partition coefficient (Wildman–Crippen LogP) is 3.22. The number of hydrogen-bond donors (Lipinski definition) is 0. The van der Waals surface area contributed by atoms with Gasteiger partial charge in [0, 0.05) is 31.1 Å². The van der Waals surface area contributed by atoms with E-state index < -0.39 is 0 Å². The van der Waals surface area contributed by atoms with Crippen LogP contribution in [-0.2, 0) is 22.6 Å². The standard InChI is InChI=1S/C18H24ClN3O2/c1-14(2)10-22(18(23)13-24-3)12-17-20-8-9-21(17)11-15-6-4-5-7-16(15)19/h4-9,14H,10-13H2,1-3H3. The van der Waals surface area contributed by atoms with Crippen LogP contribution in [-0.4, -0.2) is 40.6 Å². The maximum atomic E-state index is 12.3. The first kappa shape index (κ1) is 18.5. The van der Waals surface area contributed by atoms with E-state index in [0.717, 1.165) is 16.4 Å². The van der Waals surface area contributed by atoms with E-state index in [1.54, 1.807) is 11.1 Å². The van der Waals surface area contributed by atoms with Gasteiger partial charge in [-0.1, -0.05) is 43.6 Å². The van der Waals surface area contributed by atoms with Crippen LogP contribution < -0.4 is 0 Å². The van der Waals surface area contributed by atoms with E-state index >= 15 is 0 Å². The number of carbonyl (C=O) groups excluding carboxylic acids is 1. The Balaban J connectivity index is 2.15. The zero-order valence-corrected chi connectivity index (χ0v) is 15.2. The van der Waals surface area contributed by atoms with Crippen molar-refractivity contribution in [2.75, 3.05) is 20.3 Å². The lowest BCUT2D eigenvalue weighted by atomic mass is 10.2. The van der Waals surface area contributed by atoms with Gasteiger partial charge in [0.2, 0.25) is 5.91 Å². The van der Waals surface area contributed by atoms with Crippen molar-refractivity contribution in [3.8, 4) is 0 Å². The second-order valence-corrected chi connectivity index (χ2v) is 6.57. The van der Waals surface area contributed by atoms with E-state index in [1.807, 2.05) is 35.0 Å². The summed E-state index contributed by atoms with van der Waals surface area (Å²) in [5.74, 6) is 1.18. The molecule has 1 aromatic heterocycles. The number of ether oxygens (including phenoxy) is 1. The molecule has 1 heterocycles. The number of benzene rings is 1. The number of amides is 1. The molecule has 0 aliphatic carbocycles. The number of aromatic nitrogens is 2. The zero-order valence-electron chi connectivity index (χ0n) is 14.4. The summed E-state index contributed by atoms with van der Waals surface area (Å²) in [6, 6.07) is 7.74. The van der Waals surface area contributed by atoms with Gasteiger partial charge in [0.15, 0.2) is 0 Å². The van der Waals surface area contributed by atoms with Crippen molar-refractivity contribution < 1.29 is 9.53 Å². The first-order valence-electron chi connectivity index (χ1n) is 8.01. The molecule has 0 aliphatic rings. The van der Waals surface area contributed by atoms with Crippen molar-refractivity contribution in [3.05, 3.63) is 53.1 Å². The number of hydrogen-bond acceptors (Lipinski definition) is 3. The largest absolute Gasteiger partial charge is 0.375 e. The molecule has 0 N–H and O–H groups in total. The quantitative estimate of drug-likeness (QED) is 0.735. The normalized spacial score (nSPS) is 11.0. The molecule has 2 rings (SSSR count). The van der Waals surface area contributed by atoms with Crippen molar-refractivity contribution in [2.24, 2.45) is 5.92 Å². The second kappa shape index (κ2) is 8.85. The highest BCUT2D eigenvalue weighted by Gasteiger charge is 2.18. The molecule has 0 aliphatic heterocycles. The Bertz CT molecular complexity index is 670. The molecule has 0 atom stereocenters. The van der Waals surface area contributed by atoms with Crippen molar-refractivity contribution in [1.29, 1.82) is 0 Å². The molecule has 6 heteroatoms. The number of methoxy groups -OCH3 is 1. The number of halogens is 1. The second-order valence-electron chi connectivity index (χ2n) is 6.16. The summed E-state index contributed by atoms with van der Waals surface area (Å²) in [7, 11) is 1.53. The molecular weight excluding hydrogens is 326 g/mol. The summed E-state index contributed by atoms with van der Waals surface area (Å²) in [6.07, 6.45) is 3.66. The Morgan fingerprint density at radius 3 is 2.79 bits per heavy atom. The third-order valence-electron chi connectivity index (χ3n) is 3.64. The summed E-state index contributed by atoms with van der Waals surface area (Å²) in [4.78, 5) is 18.5. The molecule has 0 fully saturated rings. The Hall–Kier alpha value is -1.85. The summed E-state index contributed by atoms with van der Waals surface area (Å²) >= 11 is 6.24. The van der Waals surface area contributed by atoms with Crippen LogP contribution in [0.25, 0.3) is 0 Å². The van der Waals surface area contributed by atoms with Gasteiger partial charge in [-0.2, -0.15) is 0 Å². The molecule has 0 saturated heterocycles. The molecule has 0 saturated carbocycles. The van der Waals surface area contributed by atoms with Crippen LogP contribution in [0.5, 0.6) is 0 Å². The highest BCUT2D eigenvalue weighted by Crippen LogP contribution is 2.17. The Morgan fingerprint density at radius 1 is 1.38 bits per heavy atom. The Labute approximate surface area is 148 Å². The number of carbonyl (C=O) groups is 1. The third-order valence-corrected chi connectivity index (χ3v) is 4.01. The summed E-state index contributed by atoms with van der Waals surface area (Å²) < 4.78 is 7.01. The van der Waals surface area contributed by atoms with Crippen LogP contribution in [0.1, 0.15) is 25.2 Å². The van der Waals surface area contributed by atoms with E-state index in [-0.39, 0.29) is 12.5 Å². The topological polar surface area (TPSA) is 47.4 Å². The first-order valence-corrected chi connectivity index (χ1v) is 8.39. The van der Waals surface area contributed by atoms with E-state index in [0.29, 0.717) is 25.6 Å². The molecule has 0 bridgehead atoms. The molecule has 24 heavy (non-hydrogen) atoms. The number of imidazole rings is 1. The third kappa shape index (κ3) is 5.08. The van der Waals surface area contributed by atoms with Gasteiger partial charge in [-0.15, -0.1) is 0 Å². The van der Waals surface area contributed by atoms with Crippen LogP contribution in [0.4, 0.5) is 0 Å². The van der Waals surface area contributed by atoms with Crippen LogP contribution in [0, 0.1) is 5.92 Å². The minimum absolute atomic E-state index is 0.0292. The number of nitrogens with zero attached hydrogens (tertiary/aromatic N) is 3. The van der Waals surface area contributed by atoms with Crippen LogP contribution in [0.2, 0.25) is 5.02 Å². The molecule has 5 nitrogen and oxygen atoms in total. The van der Waals surface area contributed by atoms with Crippen molar-refractivity contribution in [3.63, 3.8) is 0 Å². The van der Waals surface area contributed by atoms with Gasteiger partial charge in [0.1, 0.15) is 12.4 Å². The fourth-order valence-corrected chi connectivity index (χ4v) is 2.72. The fourth-order valence-electron chi connectivity index (χ4n) is 2.53. The SMILES string of the molecule is COCC(=O)N(Cc1nccn1Cc1ccccc1Cl)CC(C)C. The van der Waals surface area contributed by atoms with Gasteiger partial charge in [0.25, 0.3) is 0 Å². The van der Waals surface area contributed by atoms with Gasteiger partial charge in [0.05, 0.1) is 13.1 Å². The minimum atomic E-state index is -0.0292. The minimum Gasteiger partial charge on any atom is -0.375 e. The molecule has 1 aromatic carbocycles. The molecule has 0 radical (unpaired) electrons. The van der Waals surface area contributed by atoms with Gasteiger partial charge >= 0.3 is 0 Å². The zero-order chi connectivity index (χ0) is 17.5. The van der Waals surface area contributed by atoms with E-state index in [4.69, 9.17) is 16.3 Å². The average molecular weight is 350 g/mol. The molecule has 2 aromatic rings. The summed E-state index contributed by atoms with van der Waals surface area (Å²) in [5.41, 5.74) is 1.03. The monoisotopic (exact) mass is 349 g/mol. The van der Waals surface area contributed by atoms with E-state index in [1.165, 1.54) is 7.11 Å². The van der Waals surface area contributed by atoms with Crippen LogP contribution >= 0.6 is 11.6 Å². The van der Waals surface area contributed by atoms with Crippen LogP contribution in [0.15, 0.2) is 36.7 Å². The van der Waals surface area contributed by atoms with Crippen molar-refractivity contribution in [1.82, 2.24) is 14.5 Å². The van der Waals surface area contributed by atoms with Crippen molar-refractivity contribution in [2.45, 2.75) is 26.9 Å². The predicted molar refractivity (Wildman–Crippen MR) is 94.9 cm³/mol. The van der Waals surface area contributed by atoms with Crippen LogP contribution in [0.3, 0.4) is 0 Å². The lowest BCUT2D eigenvalue weighted by Gasteiger charge is -2.24. The van der Waals surface area contributed by atoms with E-state index in [9.17, 15) is 4.79 Å². The lowest BCUT2D eigenvalue weighted by Crippen LogP contribution is -2.37. The lowest BCUT2D eigenvalue weighted by molar-refractivity contribution is -0.136. The summed E-state index contributed by atoms with van der Waals surface area (Å²) in [5, 5.41) is 0.728. The molecule has 1 amide bonds.